The molecule has 2 aliphatic heterocycles. The van der Waals surface area contributed by atoms with Crippen LogP contribution in [0.2, 0.25) is 0 Å². The maximum atomic E-state index is 14.4. The quantitative estimate of drug-likeness (QED) is 0.0373. The van der Waals surface area contributed by atoms with Gasteiger partial charge in [0.25, 0.3) is 0 Å². The number of carbonyl (C=O) groups is 4. The van der Waals surface area contributed by atoms with Gasteiger partial charge in [0.2, 0.25) is 0 Å². The standard InChI is InChI=1S/C52H96N2O8/c1-11-13-15-17-19-21-23-25-27-29-31-33-59-45(55)35-43(47(57)61-41-37-49(3,4)53-50(5,6)38-41)44(48(58)62-42-39-51(7,8)54-52(9,10)40-42)36-46(56)60-34-32-30-28-26-24-22-20-18-16-14-12-2/h41-44,53-54H,11-40H2,1-10H3. The van der Waals surface area contributed by atoms with Gasteiger partial charge in [-0.05, 0) is 68.2 Å². The molecule has 0 aliphatic carbocycles. The second-order valence-electron chi connectivity index (χ2n) is 21.9. The zero-order valence-corrected chi connectivity index (χ0v) is 41.8. The summed E-state index contributed by atoms with van der Waals surface area (Å²) in [5, 5.41) is 7.25. The van der Waals surface area contributed by atoms with Crippen molar-refractivity contribution >= 4 is 23.9 Å². The Labute approximate surface area is 380 Å². The molecular weight excluding hydrogens is 781 g/mol. The average molecular weight is 877 g/mol. The second kappa shape index (κ2) is 29.4. The molecule has 10 nitrogen and oxygen atoms in total. The molecular formula is C52H96N2O8. The largest absolute Gasteiger partial charge is 0.466 e. The van der Waals surface area contributed by atoms with E-state index >= 15 is 0 Å². The summed E-state index contributed by atoms with van der Waals surface area (Å²) in [4.78, 5) is 56.0. The Morgan fingerprint density at radius 1 is 0.419 bits per heavy atom. The third-order valence-corrected chi connectivity index (χ3v) is 12.8. The van der Waals surface area contributed by atoms with Crippen LogP contribution in [0, 0.1) is 11.8 Å². The van der Waals surface area contributed by atoms with Crippen molar-refractivity contribution < 1.29 is 38.1 Å². The van der Waals surface area contributed by atoms with E-state index < -0.39 is 47.9 Å². The van der Waals surface area contributed by atoms with Crippen molar-refractivity contribution in [1.82, 2.24) is 10.6 Å². The molecule has 2 unspecified atom stereocenters. The lowest BCUT2D eigenvalue weighted by atomic mass is 9.80. The van der Waals surface area contributed by atoms with Gasteiger partial charge in [0.05, 0.1) is 37.9 Å². The van der Waals surface area contributed by atoms with Gasteiger partial charge >= 0.3 is 23.9 Å². The minimum Gasteiger partial charge on any atom is -0.466 e. The van der Waals surface area contributed by atoms with Crippen LogP contribution in [0.5, 0.6) is 0 Å². The van der Waals surface area contributed by atoms with Gasteiger partial charge in [0, 0.05) is 47.8 Å². The lowest BCUT2D eigenvalue weighted by Gasteiger charge is -2.46. The fourth-order valence-electron chi connectivity index (χ4n) is 10.3. The summed E-state index contributed by atoms with van der Waals surface area (Å²) in [7, 11) is 0. The number of carbonyl (C=O) groups excluding carboxylic acids is 4. The fourth-order valence-corrected chi connectivity index (χ4v) is 10.3. The van der Waals surface area contributed by atoms with Crippen LogP contribution in [-0.2, 0) is 38.1 Å². The smallest absolute Gasteiger partial charge is 0.310 e. The molecule has 2 saturated heterocycles. The van der Waals surface area contributed by atoms with Crippen LogP contribution in [0.25, 0.3) is 0 Å². The Hall–Kier alpha value is -2.20. The third kappa shape index (κ3) is 25.3. The summed E-state index contributed by atoms with van der Waals surface area (Å²) < 4.78 is 23.9. The highest BCUT2D eigenvalue weighted by Crippen LogP contribution is 2.35. The molecule has 0 amide bonds. The Balaban J connectivity index is 2.15. The van der Waals surface area contributed by atoms with Crippen molar-refractivity contribution in [3.63, 3.8) is 0 Å². The molecule has 362 valence electrons. The number of ether oxygens (including phenoxy) is 4. The predicted molar refractivity (Wildman–Crippen MR) is 252 cm³/mol. The normalized spacial score (nSPS) is 19.3. The third-order valence-electron chi connectivity index (χ3n) is 12.8. The van der Waals surface area contributed by atoms with Crippen molar-refractivity contribution in [3.05, 3.63) is 0 Å². The molecule has 2 fully saturated rings. The fraction of sp³-hybridized carbons (Fsp3) is 0.923. The van der Waals surface area contributed by atoms with Gasteiger partial charge in [-0.3, -0.25) is 19.2 Å². The lowest BCUT2D eigenvalue weighted by molar-refractivity contribution is -0.175. The second-order valence-corrected chi connectivity index (χ2v) is 21.9. The molecule has 0 radical (unpaired) electrons. The van der Waals surface area contributed by atoms with E-state index in [9.17, 15) is 19.2 Å². The highest BCUT2D eigenvalue weighted by molar-refractivity contribution is 5.88. The minimum atomic E-state index is -1.27. The molecule has 2 heterocycles. The molecule has 0 saturated carbocycles. The zero-order chi connectivity index (χ0) is 46.1. The summed E-state index contributed by atoms with van der Waals surface area (Å²) in [6.07, 6.45) is 26.5. The molecule has 10 heteroatoms. The predicted octanol–water partition coefficient (Wildman–Crippen LogP) is 12.4. The van der Waals surface area contributed by atoms with Gasteiger partial charge in [0.15, 0.2) is 0 Å². The molecule has 0 aromatic carbocycles. The van der Waals surface area contributed by atoms with E-state index in [0.717, 1.165) is 38.5 Å². The average Bonchev–Trinajstić information content (AvgIpc) is 3.14. The molecule has 2 aliphatic rings. The van der Waals surface area contributed by atoms with Crippen LogP contribution in [0.4, 0.5) is 0 Å². The first-order valence-electron chi connectivity index (χ1n) is 25.6. The number of rotatable bonds is 33. The molecule has 62 heavy (non-hydrogen) atoms. The number of hydrogen-bond acceptors (Lipinski definition) is 10. The molecule has 2 rings (SSSR count). The van der Waals surface area contributed by atoms with E-state index in [1.807, 2.05) is 0 Å². The molecule has 0 bridgehead atoms. The zero-order valence-electron chi connectivity index (χ0n) is 41.8. The Morgan fingerprint density at radius 3 is 0.919 bits per heavy atom. The van der Waals surface area contributed by atoms with Gasteiger partial charge in [-0.15, -0.1) is 0 Å². The maximum absolute atomic E-state index is 14.4. The number of unbranched alkanes of at least 4 members (excludes halogenated alkanes) is 20. The van der Waals surface area contributed by atoms with Crippen molar-refractivity contribution in [2.24, 2.45) is 11.8 Å². The first kappa shape index (κ1) is 55.9. The first-order chi connectivity index (χ1) is 29.3. The maximum Gasteiger partial charge on any atom is 0.310 e. The first-order valence-corrected chi connectivity index (χ1v) is 25.6. The number of nitrogens with one attached hydrogen (secondary N) is 2. The number of esters is 4. The number of hydrogen-bond donors (Lipinski definition) is 2. The van der Waals surface area contributed by atoms with E-state index in [-0.39, 0.29) is 48.2 Å². The topological polar surface area (TPSA) is 129 Å². The van der Waals surface area contributed by atoms with Crippen LogP contribution in [-0.4, -0.2) is 71.5 Å². The monoisotopic (exact) mass is 877 g/mol. The van der Waals surface area contributed by atoms with Gasteiger partial charge < -0.3 is 29.6 Å². The summed E-state index contributed by atoms with van der Waals surface area (Å²) in [6.45, 7) is 21.6. The van der Waals surface area contributed by atoms with Crippen molar-refractivity contribution in [2.45, 2.75) is 283 Å². The highest BCUT2D eigenvalue weighted by Gasteiger charge is 2.46. The van der Waals surface area contributed by atoms with Gasteiger partial charge in [-0.25, -0.2) is 0 Å². The van der Waals surface area contributed by atoms with Crippen LogP contribution in [0.3, 0.4) is 0 Å². The summed E-state index contributed by atoms with van der Waals surface area (Å²) >= 11 is 0. The Bertz CT molecular complexity index is 1150. The summed E-state index contributed by atoms with van der Waals surface area (Å²) in [5.41, 5.74) is -1.22. The van der Waals surface area contributed by atoms with Crippen LogP contribution >= 0.6 is 0 Å². The van der Waals surface area contributed by atoms with E-state index in [1.54, 1.807) is 0 Å². The van der Waals surface area contributed by atoms with Crippen LogP contribution < -0.4 is 10.6 Å². The van der Waals surface area contributed by atoms with Crippen LogP contribution in [0.1, 0.15) is 249 Å². The lowest BCUT2D eigenvalue weighted by Crippen LogP contribution is -2.60. The van der Waals surface area contributed by atoms with E-state index in [0.29, 0.717) is 25.7 Å². The molecule has 2 N–H and O–H groups in total. The van der Waals surface area contributed by atoms with Gasteiger partial charge in [-0.2, -0.15) is 0 Å². The highest BCUT2D eigenvalue weighted by atomic mass is 16.6. The van der Waals surface area contributed by atoms with E-state index in [2.05, 4.69) is 79.9 Å². The summed E-state index contributed by atoms with van der Waals surface area (Å²) in [5.74, 6) is -5.07. The van der Waals surface area contributed by atoms with Gasteiger partial charge in [0.1, 0.15) is 12.2 Å². The SMILES string of the molecule is CCCCCCCCCCCCCOC(=O)CC(C(=O)OC1CC(C)(C)NC(C)(C)C1)C(CC(=O)OCCCCCCCCCCCCC)C(=O)OC1CC(C)(C)NC(C)(C)C1. The number of piperidine rings is 2. The van der Waals surface area contributed by atoms with E-state index in [4.69, 9.17) is 18.9 Å². The van der Waals surface area contributed by atoms with Crippen molar-refractivity contribution in [3.8, 4) is 0 Å². The van der Waals surface area contributed by atoms with Crippen molar-refractivity contribution in [2.75, 3.05) is 13.2 Å². The summed E-state index contributed by atoms with van der Waals surface area (Å²) in [6, 6.07) is 0. The molecule has 2 atom stereocenters. The Kier molecular flexibility index (Phi) is 26.5. The molecule has 0 aromatic heterocycles. The Morgan fingerprint density at radius 2 is 0.661 bits per heavy atom. The molecule has 0 aromatic rings. The van der Waals surface area contributed by atoms with Gasteiger partial charge in [-0.1, -0.05) is 142 Å². The van der Waals surface area contributed by atoms with Crippen molar-refractivity contribution in [1.29, 1.82) is 0 Å². The minimum absolute atomic E-state index is 0.240. The van der Waals surface area contributed by atoms with Crippen LogP contribution in [0.15, 0.2) is 0 Å². The van der Waals surface area contributed by atoms with E-state index in [1.165, 1.54) is 103 Å². The molecule has 0 spiro atoms.